The predicted molar refractivity (Wildman–Crippen MR) is 119 cm³/mol. The van der Waals surface area contributed by atoms with E-state index < -0.39 is 0 Å². The maximum atomic E-state index is 12.5. The van der Waals surface area contributed by atoms with E-state index in [1.165, 1.54) is 11.8 Å². The van der Waals surface area contributed by atoms with E-state index in [4.69, 9.17) is 4.42 Å². The first kappa shape index (κ1) is 20.4. The number of anilines is 1. The third-order valence-electron chi connectivity index (χ3n) is 4.30. The van der Waals surface area contributed by atoms with Crippen molar-refractivity contribution in [2.75, 3.05) is 11.1 Å². The van der Waals surface area contributed by atoms with Gasteiger partial charge in [-0.1, -0.05) is 33.8 Å². The van der Waals surface area contributed by atoms with Crippen LogP contribution in [-0.4, -0.2) is 31.4 Å². The number of hydrogen-bond donors (Lipinski definition) is 1. The number of amides is 1. The summed E-state index contributed by atoms with van der Waals surface area (Å²) in [6, 6.07) is 15.1. The highest BCUT2D eigenvalue weighted by atomic mass is 79.9. The minimum Gasteiger partial charge on any atom is -0.467 e. The van der Waals surface area contributed by atoms with Gasteiger partial charge in [-0.05, 0) is 55.0 Å². The first-order valence-electron chi connectivity index (χ1n) is 9.16. The van der Waals surface area contributed by atoms with Gasteiger partial charge in [0.1, 0.15) is 11.5 Å². The fraction of sp³-hybridized carbons (Fsp3) is 0.143. The van der Waals surface area contributed by atoms with E-state index in [9.17, 15) is 4.79 Å². The number of nitrogens with one attached hydrogen (secondary N) is 1. The molecule has 3 heterocycles. The van der Waals surface area contributed by atoms with Crippen LogP contribution in [0.3, 0.4) is 0 Å². The number of carbonyl (C=O) groups is 1. The van der Waals surface area contributed by atoms with Crippen molar-refractivity contribution in [3.05, 3.63) is 76.8 Å². The summed E-state index contributed by atoms with van der Waals surface area (Å²) < 4.78 is 8.37. The van der Waals surface area contributed by atoms with Crippen LogP contribution in [0.25, 0.3) is 11.5 Å². The molecule has 1 aromatic carbocycles. The van der Waals surface area contributed by atoms with Crippen LogP contribution in [-0.2, 0) is 11.3 Å². The molecular formula is C21H18BrN5O2S. The van der Waals surface area contributed by atoms with Gasteiger partial charge in [-0.3, -0.25) is 14.3 Å². The fourth-order valence-corrected chi connectivity index (χ4v) is 4.08. The Morgan fingerprint density at radius 1 is 1.20 bits per heavy atom. The Morgan fingerprint density at radius 2 is 2.10 bits per heavy atom. The number of benzene rings is 1. The molecule has 3 aromatic heterocycles. The van der Waals surface area contributed by atoms with E-state index in [2.05, 4.69) is 36.4 Å². The van der Waals surface area contributed by atoms with Crippen LogP contribution in [0.15, 0.2) is 75.0 Å². The molecule has 30 heavy (non-hydrogen) atoms. The summed E-state index contributed by atoms with van der Waals surface area (Å²) in [5.74, 6) is 1.48. The van der Waals surface area contributed by atoms with E-state index in [0.29, 0.717) is 23.2 Å². The summed E-state index contributed by atoms with van der Waals surface area (Å²) in [7, 11) is 0. The average molecular weight is 484 g/mol. The Balaban J connectivity index is 1.52. The summed E-state index contributed by atoms with van der Waals surface area (Å²) in [5, 5.41) is 12.2. The highest BCUT2D eigenvalue weighted by Crippen LogP contribution is 2.25. The SMILES string of the molecule is Cc1cc(Br)ccc1NC(=O)CSc1nnc(-c2ccccn2)n1Cc1ccco1. The van der Waals surface area contributed by atoms with Crippen molar-refractivity contribution in [1.29, 1.82) is 0 Å². The van der Waals surface area contributed by atoms with Gasteiger partial charge >= 0.3 is 0 Å². The Bertz CT molecular complexity index is 1150. The quantitative estimate of drug-likeness (QED) is 0.380. The van der Waals surface area contributed by atoms with E-state index in [1.807, 2.05) is 60.0 Å². The van der Waals surface area contributed by atoms with Gasteiger partial charge in [0.15, 0.2) is 11.0 Å². The van der Waals surface area contributed by atoms with Crippen LogP contribution >= 0.6 is 27.7 Å². The Hall–Kier alpha value is -2.91. The second-order valence-electron chi connectivity index (χ2n) is 6.48. The first-order chi connectivity index (χ1) is 14.6. The predicted octanol–water partition coefficient (Wildman–Crippen LogP) is 4.78. The lowest BCUT2D eigenvalue weighted by Crippen LogP contribution is -2.15. The van der Waals surface area contributed by atoms with Gasteiger partial charge in [0, 0.05) is 16.4 Å². The third kappa shape index (κ3) is 4.80. The molecule has 0 aliphatic heterocycles. The summed E-state index contributed by atoms with van der Waals surface area (Å²) in [4.78, 5) is 16.9. The van der Waals surface area contributed by atoms with E-state index in [-0.39, 0.29) is 11.7 Å². The van der Waals surface area contributed by atoms with E-state index >= 15 is 0 Å². The van der Waals surface area contributed by atoms with Gasteiger partial charge in [-0.15, -0.1) is 10.2 Å². The summed E-state index contributed by atoms with van der Waals surface area (Å²) in [5.41, 5.74) is 2.48. The van der Waals surface area contributed by atoms with E-state index in [1.54, 1.807) is 12.5 Å². The van der Waals surface area contributed by atoms with Gasteiger partial charge in [-0.25, -0.2) is 0 Å². The number of halogens is 1. The molecule has 0 aliphatic carbocycles. The number of thioether (sulfide) groups is 1. The number of aryl methyl sites for hydroxylation is 1. The molecular weight excluding hydrogens is 466 g/mol. The lowest BCUT2D eigenvalue weighted by atomic mass is 10.2. The van der Waals surface area contributed by atoms with Crippen LogP contribution in [0.5, 0.6) is 0 Å². The molecule has 0 saturated carbocycles. The van der Waals surface area contributed by atoms with Crippen molar-refractivity contribution < 1.29 is 9.21 Å². The molecule has 152 valence electrons. The van der Waals surface area contributed by atoms with Crippen LogP contribution in [0.4, 0.5) is 5.69 Å². The molecule has 4 aromatic rings. The topological polar surface area (TPSA) is 85.8 Å². The molecule has 0 radical (unpaired) electrons. The molecule has 4 rings (SSSR count). The number of aromatic nitrogens is 4. The molecule has 0 spiro atoms. The number of furan rings is 1. The van der Waals surface area contributed by atoms with Gasteiger partial charge < -0.3 is 9.73 Å². The lowest BCUT2D eigenvalue weighted by Gasteiger charge is -2.10. The highest BCUT2D eigenvalue weighted by molar-refractivity contribution is 9.10. The molecule has 0 aliphatic rings. The van der Waals surface area contributed by atoms with Gasteiger partial charge in [0.25, 0.3) is 0 Å². The average Bonchev–Trinajstić information content (AvgIpc) is 3.40. The summed E-state index contributed by atoms with van der Waals surface area (Å²) in [6.07, 6.45) is 3.34. The Labute approximate surface area is 186 Å². The minimum atomic E-state index is -0.114. The van der Waals surface area contributed by atoms with Crippen LogP contribution in [0.2, 0.25) is 0 Å². The molecule has 9 heteroatoms. The number of nitrogens with zero attached hydrogens (tertiary/aromatic N) is 4. The van der Waals surface area contributed by atoms with Crippen molar-refractivity contribution in [3.8, 4) is 11.5 Å². The van der Waals surface area contributed by atoms with Crippen molar-refractivity contribution in [1.82, 2.24) is 19.7 Å². The fourth-order valence-electron chi connectivity index (χ4n) is 2.86. The molecule has 7 nitrogen and oxygen atoms in total. The minimum absolute atomic E-state index is 0.114. The maximum Gasteiger partial charge on any atom is 0.234 e. The van der Waals surface area contributed by atoms with Crippen molar-refractivity contribution in [2.45, 2.75) is 18.6 Å². The highest BCUT2D eigenvalue weighted by Gasteiger charge is 2.18. The Kier molecular flexibility index (Phi) is 6.29. The number of hydrogen-bond acceptors (Lipinski definition) is 6. The van der Waals surface area contributed by atoms with Crippen LogP contribution < -0.4 is 5.32 Å². The van der Waals surface area contributed by atoms with Crippen molar-refractivity contribution in [2.24, 2.45) is 0 Å². The monoisotopic (exact) mass is 483 g/mol. The smallest absolute Gasteiger partial charge is 0.234 e. The second kappa shape index (κ2) is 9.27. The normalized spacial score (nSPS) is 10.9. The Morgan fingerprint density at radius 3 is 2.83 bits per heavy atom. The number of pyridine rings is 1. The van der Waals surface area contributed by atoms with E-state index in [0.717, 1.165) is 21.5 Å². The molecule has 0 fully saturated rings. The van der Waals surface area contributed by atoms with Gasteiger partial charge in [-0.2, -0.15) is 0 Å². The zero-order chi connectivity index (χ0) is 20.9. The van der Waals surface area contributed by atoms with Crippen molar-refractivity contribution in [3.63, 3.8) is 0 Å². The molecule has 1 amide bonds. The zero-order valence-electron chi connectivity index (χ0n) is 16.1. The largest absolute Gasteiger partial charge is 0.467 e. The maximum absolute atomic E-state index is 12.5. The summed E-state index contributed by atoms with van der Waals surface area (Å²) >= 11 is 4.75. The van der Waals surface area contributed by atoms with Gasteiger partial charge in [0.2, 0.25) is 5.91 Å². The molecule has 1 N–H and O–H groups in total. The zero-order valence-corrected chi connectivity index (χ0v) is 18.5. The summed E-state index contributed by atoms with van der Waals surface area (Å²) in [6.45, 7) is 2.40. The first-order valence-corrected chi connectivity index (χ1v) is 10.9. The number of carbonyl (C=O) groups excluding carboxylic acids is 1. The number of rotatable bonds is 7. The van der Waals surface area contributed by atoms with Crippen LogP contribution in [0.1, 0.15) is 11.3 Å². The molecule has 0 saturated heterocycles. The second-order valence-corrected chi connectivity index (χ2v) is 8.34. The third-order valence-corrected chi connectivity index (χ3v) is 5.76. The molecule has 0 bridgehead atoms. The van der Waals surface area contributed by atoms with Crippen LogP contribution in [0, 0.1) is 6.92 Å². The van der Waals surface area contributed by atoms with Gasteiger partial charge in [0.05, 0.1) is 18.6 Å². The molecule has 0 unspecified atom stereocenters. The molecule has 0 atom stereocenters. The lowest BCUT2D eigenvalue weighted by molar-refractivity contribution is -0.113. The van der Waals surface area contributed by atoms with Crippen molar-refractivity contribution >= 4 is 39.3 Å². The standard InChI is InChI=1S/C21H18BrN5O2S/c1-14-11-15(22)7-8-17(14)24-19(28)13-30-21-26-25-20(18-6-2-3-9-23-18)27(21)12-16-5-4-10-29-16/h2-11H,12-13H2,1H3,(H,24,28).